The van der Waals surface area contributed by atoms with E-state index in [2.05, 4.69) is 13.8 Å². The first-order valence-corrected chi connectivity index (χ1v) is 17.7. The van der Waals surface area contributed by atoms with Crippen LogP contribution in [0.25, 0.3) is 0 Å². The second-order valence-electron chi connectivity index (χ2n) is 13.0. The van der Waals surface area contributed by atoms with Crippen molar-refractivity contribution in [2.75, 3.05) is 13.2 Å². The standard InChI is InChI=1S/C18H39NO2.C17H37NO/c1-3-5-6-7-8-9-10-11-12-13-14-15-18(19,4-2)17(21)16-20;1-3-4-5-6-7-8-9-10-11-12-13-14-15-17(2,18)16-19/h17,20-21H,3-16,19H2,1-2H3;19H,3-16,18H2,1-2H3. The number of hydrogen-bond acceptors (Lipinski definition) is 5. The van der Waals surface area contributed by atoms with Crippen LogP contribution in [0.3, 0.4) is 0 Å². The number of rotatable bonds is 29. The van der Waals surface area contributed by atoms with Gasteiger partial charge in [0.15, 0.2) is 0 Å². The van der Waals surface area contributed by atoms with Gasteiger partial charge in [-0.3, -0.25) is 0 Å². The van der Waals surface area contributed by atoms with Crippen LogP contribution in [0.2, 0.25) is 0 Å². The van der Waals surface area contributed by atoms with E-state index in [1.807, 2.05) is 13.8 Å². The van der Waals surface area contributed by atoms with Crippen LogP contribution in [0.5, 0.6) is 0 Å². The summed E-state index contributed by atoms with van der Waals surface area (Å²) in [7, 11) is 0. The highest BCUT2D eigenvalue weighted by atomic mass is 16.3. The van der Waals surface area contributed by atoms with Gasteiger partial charge in [0.1, 0.15) is 0 Å². The van der Waals surface area contributed by atoms with Crippen molar-refractivity contribution >= 4 is 0 Å². The summed E-state index contributed by atoms with van der Waals surface area (Å²) in [6.45, 7) is 8.32. The molecule has 3 unspecified atom stereocenters. The number of nitrogens with two attached hydrogens (primary N) is 2. The Kier molecular flexibility index (Phi) is 31.7. The Morgan fingerprint density at radius 2 is 0.800 bits per heavy atom. The van der Waals surface area contributed by atoms with Crippen LogP contribution in [0.15, 0.2) is 0 Å². The fraction of sp³-hybridized carbons (Fsp3) is 1.00. The summed E-state index contributed by atoms with van der Waals surface area (Å²) in [5.74, 6) is 0. The van der Waals surface area contributed by atoms with Gasteiger partial charge in [-0.1, -0.05) is 168 Å². The van der Waals surface area contributed by atoms with Gasteiger partial charge in [0.25, 0.3) is 0 Å². The van der Waals surface area contributed by atoms with E-state index >= 15 is 0 Å². The minimum absolute atomic E-state index is 0.102. The van der Waals surface area contributed by atoms with E-state index in [0.717, 1.165) is 25.7 Å². The molecule has 0 bridgehead atoms. The zero-order valence-corrected chi connectivity index (χ0v) is 27.9. The van der Waals surface area contributed by atoms with Crippen molar-refractivity contribution in [1.82, 2.24) is 0 Å². The van der Waals surface area contributed by atoms with Gasteiger partial charge in [-0.2, -0.15) is 0 Å². The second kappa shape index (κ2) is 30.3. The fourth-order valence-corrected chi connectivity index (χ4v) is 5.33. The molecule has 7 N–H and O–H groups in total. The average molecular weight is 573 g/mol. The lowest BCUT2D eigenvalue weighted by atomic mass is 9.85. The minimum Gasteiger partial charge on any atom is -0.394 e. The van der Waals surface area contributed by atoms with E-state index in [1.165, 1.54) is 135 Å². The second-order valence-corrected chi connectivity index (χ2v) is 13.0. The van der Waals surface area contributed by atoms with E-state index in [4.69, 9.17) is 21.7 Å². The monoisotopic (exact) mass is 573 g/mol. The Hall–Kier alpha value is -0.200. The lowest BCUT2D eigenvalue weighted by molar-refractivity contribution is 0.0235. The van der Waals surface area contributed by atoms with E-state index in [-0.39, 0.29) is 18.8 Å². The van der Waals surface area contributed by atoms with Crippen molar-refractivity contribution in [3.8, 4) is 0 Å². The summed E-state index contributed by atoms with van der Waals surface area (Å²) in [6.07, 6.45) is 32.6. The Morgan fingerprint density at radius 3 is 1.07 bits per heavy atom. The van der Waals surface area contributed by atoms with E-state index < -0.39 is 11.6 Å². The van der Waals surface area contributed by atoms with Gasteiger partial charge in [0.05, 0.1) is 19.3 Å². The van der Waals surface area contributed by atoms with Gasteiger partial charge in [-0.05, 0) is 26.2 Å². The van der Waals surface area contributed by atoms with Gasteiger partial charge in [0, 0.05) is 11.1 Å². The topological polar surface area (TPSA) is 113 Å². The van der Waals surface area contributed by atoms with Crippen LogP contribution < -0.4 is 11.5 Å². The van der Waals surface area contributed by atoms with Crippen LogP contribution in [0, 0.1) is 0 Å². The minimum atomic E-state index is -0.786. The summed E-state index contributed by atoms with van der Waals surface area (Å²) < 4.78 is 0. The Bertz CT molecular complexity index is 489. The molecule has 5 heteroatoms. The van der Waals surface area contributed by atoms with Crippen LogP contribution in [-0.2, 0) is 0 Å². The molecular weight excluding hydrogens is 496 g/mol. The maximum atomic E-state index is 9.76. The van der Waals surface area contributed by atoms with E-state index in [0.29, 0.717) is 6.42 Å². The van der Waals surface area contributed by atoms with Crippen molar-refractivity contribution in [1.29, 1.82) is 0 Å². The number of aliphatic hydroxyl groups is 3. The number of unbranched alkanes of at least 4 members (excludes halogenated alkanes) is 21. The first-order valence-electron chi connectivity index (χ1n) is 17.7. The van der Waals surface area contributed by atoms with E-state index in [9.17, 15) is 5.11 Å². The smallest absolute Gasteiger partial charge is 0.0949 e. The van der Waals surface area contributed by atoms with Crippen molar-refractivity contribution in [2.24, 2.45) is 11.5 Å². The maximum Gasteiger partial charge on any atom is 0.0949 e. The molecule has 5 nitrogen and oxygen atoms in total. The van der Waals surface area contributed by atoms with Crippen LogP contribution in [0.4, 0.5) is 0 Å². The molecule has 0 spiro atoms. The number of aliphatic hydroxyl groups excluding tert-OH is 3. The molecule has 0 saturated carbocycles. The molecule has 0 aromatic carbocycles. The molecule has 0 heterocycles. The Balaban J connectivity index is 0. The normalized spacial score (nSPS) is 15.2. The van der Waals surface area contributed by atoms with Gasteiger partial charge < -0.3 is 26.8 Å². The molecule has 0 aromatic rings. The molecule has 0 fully saturated rings. The van der Waals surface area contributed by atoms with Crippen LogP contribution >= 0.6 is 0 Å². The third kappa shape index (κ3) is 27.9. The van der Waals surface area contributed by atoms with Gasteiger partial charge in [0.2, 0.25) is 0 Å². The van der Waals surface area contributed by atoms with Crippen LogP contribution in [-0.4, -0.2) is 45.7 Å². The molecule has 244 valence electrons. The highest BCUT2D eigenvalue weighted by molar-refractivity contribution is 4.89. The lowest BCUT2D eigenvalue weighted by Crippen LogP contribution is -2.52. The summed E-state index contributed by atoms with van der Waals surface area (Å²) in [5.41, 5.74) is 11.1. The third-order valence-corrected chi connectivity index (χ3v) is 8.70. The molecule has 0 radical (unpaired) electrons. The van der Waals surface area contributed by atoms with Crippen molar-refractivity contribution in [2.45, 2.75) is 212 Å². The van der Waals surface area contributed by atoms with Crippen molar-refractivity contribution < 1.29 is 15.3 Å². The van der Waals surface area contributed by atoms with Crippen LogP contribution in [0.1, 0.15) is 195 Å². The molecule has 0 aliphatic carbocycles. The van der Waals surface area contributed by atoms with Crippen molar-refractivity contribution in [3.05, 3.63) is 0 Å². The SMILES string of the molecule is CCCCCCCCCCCCCC(N)(CC)C(O)CO.CCCCCCCCCCCCCCC(C)(N)CO. The molecule has 0 aliphatic rings. The Morgan fingerprint density at radius 1 is 0.500 bits per heavy atom. The average Bonchev–Trinajstić information content (AvgIpc) is 2.96. The lowest BCUT2D eigenvalue weighted by Gasteiger charge is -2.32. The molecule has 0 aromatic heterocycles. The predicted molar refractivity (Wildman–Crippen MR) is 177 cm³/mol. The quantitative estimate of drug-likeness (QED) is 0.0574. The summed E-state index contributed by atoms with van der Waals surface area (Å²) >= 11 is 0. The maximum absolute atomic E-state index is 9.76. The molecule has 40 heavy (non-hydrogen) atoms. The van der Waals surface area contributed by atoms with Gasteiger partial charge >= 0.3 is 0 Å². The highest BCUT2D eigenvalue weighted by Crippen LogP contribution is 2.21. The molecule has 0 rings (SSSR count). The largest absolute Gasteiger partial charge is 0.394 e. The molecular formula is C35H76N2O3. The van der Waals surface area contributed by atoms with Gasteiger partial charge in [-0.15, -0.1) is 0 Å². The van der Waals surface area contributed by atoms with Gasteiger partial charge in [-0.25, -0.2) is 0 Å². The third-order valence-electron chi connectivity index (χ3n) is 8.70. The fourth-order valence-electron chi connectivity index (χ4n) is 5.33. The number of hydrogen-bond donors (Lipinski definition) is 5. The Labute approximate surface area is 251 Å². The summed E-state index contributed by atoms with van der Waals surface area (Å²) in [5, 5.41) is 27.9. The summed E-state index contributed by atoms with van der Waals surface area (Å²) in [6, 6.07) is 0. The molecule has 0 amide bonds. The first-order chi connectivity index (χ1) is 19.2. The molecule has 0 aliphatic heterocycles. The molecule has 0 saturated heterocycles. The summed E-state index contributed by atoms with van der Waals surface area (Å²) in [4.78, 5) is 0. The predicted octanol–water partition coefficient (Wildman–Crippen LogP) is 8.94. The highest BCUT2D eigenvalue weighted by Gasteiger charge is 2.30. The van der Waals surface area contributed by atoms with E-state index in [1.54, 1.807) is 0 Å². The molecule has 3 atom stereocenters. The van der Waals surface area contributed by atoms with Crippen molar-refractivity contribution in [3.63, 3.8) is 0 Å². The zero-order valence-electron chi connectivity index (χ0n) is 27.9. The zero-order chi connectivity index (χ0) is 30.4. The first kappa shape index (κ1) is 41.9.